The summed E-state index contributed by atoms with van der Waals surface area (Å²) in [6, 6.07) is 15.1. The van der Waals surface area contributed by atoms with Gasteiger partial charge in [-0.2, -0.15) is 0 Å². The molecule has 0 spiro atoms. The summed E-state index contributed by atoms with van der Waals surface area (Å²) in [6.07, 6.45) is 6.94. The third-order valence-corrected chi connectivity index (χ3v) is 5.68. The Kier molecular flexibility index (Phi) is 4.39. The minimum atomic E-state index is -0.0744. The minimum Gasteiger partial charge on any atom is -0.339 e. The van der Waals surface area contributed by atoms with E-state index in [0.29, 0.717) is 23.3 Å². The average molecular weight is 386 g/mol. The lowest BCUT2D eigenvalue weighted by molar-refractivity contribution is 0.0724. The normalized spacial score (nSPS) is 14.6. The fourth-order valence-corrected chi connectivity index (χ4v) is 4.15. The molecule has 5 rings (SSSR count). The molecule has 1 amide bonds. The van der Waals surface area contributed by atoms with Crippen molar-refractivity contribution in [3.63, 3.8) is 0 Å². The van der Waals surface area contributed by atoms with E-state index in [-0.39, 0.29) is 11.5 Å². The molecular formula is C23H22N4O2. The van der Waals surface area contributed by atoms with Crippen molar-refractivity contribution in [2.24, 2.45) is 0 Å². The first kappa shape index (κ1) is 17.7. The highest BCUT2D eigenvalue weighted by molar-refractivity contribution is 5.94. The number of likely N-dealkylation sites (tertiary alicyclic amines) is 1. The second-order valence-corrected chi connectivity index (χ2v) is 7.55. The molecule has 6 heteroatoms. The molecule has 146 valence electrons. The smallest absolute Gasteiger partial charge is 0.276 e. The zero-order valence-corrected chi connectivity index (χ0v) is 16.1. The largest absolute Gasteiger partial charge is 0.339 e. The van der Waals surface area contributed by atoms with Gasteiger partial charge in [-0.05, 0) is 61.2 Å². The van der Waals surface area contributed by atoms with Crippen LogP contribution in [-0.4, -0.2) is 37.8 Å². The molecule has 4 aromatic rings. The lowest BCUT2D eigenvalue weighted by Gasteiger charge is -2.26. The van der Waals surface area contributed by atoms with Gasteiger partial charge in [0.1, 0.15) is 5.52 Å². The van der Waals surface area contributed by atoms with Crippen molar-refractivity contribution in [2.45, 2.75) is 25.8 Å². The van der Waals surface area contributed by atoms with Gasteiger partial charge in [0.25, 0.3) is 11.5 Å². The molecule has 0 bridgehead atoms. The molecule has 29 heavy (non-hydrogen) atoms. The Labute approximate surface area is 168 Å². The van der Waals surface area contributed by atoms with Crippen molar-refractivity contribution in [1.82, 2.24) is 18.9 Å². The maximum atomic E-state index is 13.0. The second-order valence-electron chi connectivity index (χ2n) is 7.55. The minimum absolute atomic E-state index is 0.0744. The van der Waals surface area contributed by atoms with Gasteiger partial charge in [-0.25, -0.2) is 4.98 Å². The Morgan fingerprint density at radius 3 is 2.48 bits per heavy atom. The summed E-state index contributed by atoms with van der Waals surface area (Å²) in [5.74, 6) is 0.0927. The van der Waals surface area contributed by atoms with Gasteiger partial charge in [-0.15, -0.1) is 0 Å². The summed E-state index contributed by atoms with van der Waals surface area (Å²) < 4.78 is 3.58. The summed E-state index contributed by atoms with van der Waals surface area (Å²) in [4.78, 5) is 32.1. The quantitative estimate of drug-likeness (QED) is 0.543. The molecule has 0 aliphatic carbocycles. The number of fused-ring (bicyclic) bond motifs is 3. The molecule has 1 aromatic carbocycles. The maximum absolute atomic E-state index is 13.0. The van der Waals surface area contributed by atoms with E-state index in [1.807, 2.05) is 64.0 Å². The van der Waals surface area contributed by atoms with E-state index in [9.17, 15) is 9.59 Å². The standard InChI is InChI=1S/C23H22N4O2/c28-22(25-13-2-1-3-14-25)18-10-8-17(9-11-18)16-27-21-19(6-4-12-24-21)26-15-5-7-20(26)23(27)29/h4-12,15H,1-3,13-14,16H2. The van der Waals surface area contributed by atoms with Gasteiger partial charge in [-0.3, -0.25) is 14.2 Å². The van der Waals surface area contributed by atoms with Crippen molar-refractivity contribution in [2.75, 3.05) is 13.1 Å². The molecule has 0 radical (unpaired) electrons. The second kappa shape index (κ2) is 7.20. The van der Waals surface area contributed by atoms with Crippen LogP contribution in [0.5, 0.6) is 0 Å². The third-order valence-electron chi connectivity index (χ3n) is 5.68. The van der Waals surface area contributed by atoms with Crippen molar-refractivity contribution in [1.29, 1.82) is 0 Å². The van der Waals surface area contributed by atoms with Gasteiger partial charge in [0.05, 0.1) is 12.1 Å². The first-order valence-corrected chi connectivity index (χ1v) is 10.1. The number of rotatable bonds is 3. The van der Waals surface area contributed by atoms with Crippen LogP contribution >= 0.6 is 0 Å². The van der Waals surface area contributed by atoms with Gasteiger partial charge in [0, 0.05) is 31.0 Å². The van der Waals surface area contributed by atoms with Crippen LogP contribution in [0.1, 0.15) is 35.2 Å². The van der Waals surface area contributed by atoms with E-state index in [1.54, 1.807) is 10.8 Å². The Morgan fingerprint density at radius 1 is 0.931 bits per heavy atom. The number of carbonyl (C=O) groups is 1. The summed E-state index contributed by atoms with van der Waals surface area (Å²) in [6.45, 7) is 2.09. The van der Waals surface area contributed by atoms with Crippen LogP contribution in [-0.2, 0) is 6.54 Å². The van der Waals surface area contributed by atoms with Crippen LogP contribution in [0.25, 0.3) is 16.7 Å². The highest BCUT2D eigenvalue weighted by Gasteiger charge is 2.18. The Hall–Kier alpha value is -3.41. The van der Waals surface area contributed by atoms with E-state index < -0.39 is 0 Å². The number of carbonyl (C=O) groups excluding carboxylic acids is 1. The van der Waals surface area contributed by atoms with Gasteiger partial charge >= 0.3 is 0 Å². The molecular weight excluding hydrogens is 364 g/mol. The molecule has 1 aliphatic heterocycles. The Balaban J connectivity index is 1.48. The Morgan fingerprint density at radius 2 is 1.69 bits per heavy atom. The van der Waals surface area contributed by atoms with E-state index in [4.69, 9.17) is 0 Å². The van der Waals surface area contributed by atoms with E-state index in [1.165, 1.54) is 6.42 Å². The van der Waals surface area contributed by atoms with Gasteiger partial charge in [0.2, 0.25) is 0 Å². The van der Waals surface area contributed by atoms with Crippen LogP contribution in [0.4, 0.5) is 0 Å². The van der Waals surface area contributed by atoms with E-state index in [0.717, 1.165) is 37.0 Å². The van der Waals surface area contributed by atoms with Gasteiger partial charge < -0.3 is 9.30 Å². The third kappa shape index (κ3) is 3.10. The van der Waals surface area contributed by atoms with Crippen LogP contribution in [0.15, 0.2) is 65.7 Å². The summed E-state index contributed by atoms with van der Waals surface area (Å²) in [7, 11) is 0. The molecule has 4 heterocycles. The zero-order valence-electron chi connectivity index (χ0n) is 16.1. The van der Waals surface area contributed by atoms with Crippen LogP contribution in [0.2, 0.25) is 0 Å². The molecule has 0 atom stereocenters. The van der Waals surface area contributed by atoms with Gasteiger partial charge in [0.15, 0.2) is 5.65 Å². The summed E-state index contributed by atoms with van der Waals surface area (Å²) in [5.41, 5.74) is 3.76. The van der Waals surface area contributed by atoms with Crippen molar-refractivity contribution < 1.29 is 4.79 Å². The molecule has 0 saturated carbocycles. The number of nitrogens with zero attached hydrogens (tertiary/aromatic N) is 4. The lowest BCUT2D eigenvalue weighted by atomic mass is 10.1. The number of hydrogen-bond donors (Lipinski definition) is 0. The maximum Gasteiger partial charge on any atom is 0.276 e. The van der Waals surface area contributed by atoms with Crippen molar-refractivity contribution >= 4 is 22.6 Å². The van der Waals surface area contributed by atoms with Crippen LogP contribution in [0, 0.1) is 0 Å². The predicted octanol–water partition coefficient (Wildman–Crippen LogP) is 3.32. The van der Waals surface area contributed by atoms with Gasteiger partial charge in [-0.1, -0.05) is 12.1 Å². The lowest BCUT2D eigenvalue weighted by Crippen LogP contribution is -2.35. The van der Waals surface area contributed by atoms with Crippen LogP contribution < -0.4 is 5.56 Å². The topological polar surface area (TPSA) is 59.6 Å². The number of benzene rings is 1. The number of pyridine rings is 1. The molecule has 0 unspecified atom stereocenters. The predicted molar refractivity (Wildman–Crippen MR) is 112 cm³/mol. The van der Waals surface area contributed by atoms with E-state index in [2.05, 4.69) is 4.98 Å². The Bertz CT molecular complexity index is 1250. The molecule has 1 aliphatic rings. The summed E-state index contributed by atoms with van der Waals surface area (Å²) >= 11 is 0. The molecule has 1 saturated heterocycles. The SMILES string of the molecule is O=C(c1ccc(Cn2c(=O)c3cccn3c3cccnc32)cc1)N1CCCCC1. The first-order chi connectivity index (χ1) is 14.2. The number of hydrogen-bond acceptors (Lipinski definition) is 3. The molecule has 3 aromatic heterocycles. The first-order valence-electron chi connectivity index (χ1n) is 10.1. The molecule has 6 nitrogen and oxygen atoms in total. The van der Waals surface area contributed by atoms with Crippen LogP contribution in [0.3, 0.4) is 0 Å². The monoisotopic (exact) mass is 386 g/mol. The summed E-state index contributed by atoms with van der Waals surface area (Å²) in [5, 5.41) is 0. The molecule has 0 N–H and O–H groups in total. The highest BCUT2D eigenvalue weighted by Crippen LogP contribution is 2.16. The fourth-order valence-electron chi connectivity index (χ4n) is 4.15. The van der Waals surface area contributed by atoms with Crippen molar-refractivity contribution in [3.05, 3.63) is 82.4 Å². The number of aromatic nitrogens is 3. The average Bonchev–Trinajstić information content (AvgIpc) is 3.28. The number of amides is 1. The zero-order chi connectivity index (χ0) is 19.8. The number of piperidine rings is 1. The highest BCUT2D eigenvalue weighted by atomic mass is 16.2. The van der Waals surface area contributed by atoms with E-state index >= 15 is 0 Å². The van der Waals surface area contributed by atoms with Crippen molar-refractivity contribution in [3.8, 4) is 0 Å². The molecule has 1 fully saturated rings. The fraction of sp³-hybridized carbons (Fsp3) is 0.261.